The summed E-state index contributed by atoms with van der Waals surface area (Å²) < 4.78 is 0. The Labute approximate surface area is 91.4 Å². The van der Waals surface area contributed by atoms with E-state index in [0.717, 1.165) is 0 Å². The van der Waals surface area contributed by atoms with E-state index in [0.29, 0.717) is 18.1 Å². The second-order valence-corrected chi connectivity index (χ2v) is 4.93. The first-order chi connectivity index (χ1) is 7.20. The van der Waals surface area contributed by atoms with Crippen molar-refractivity contribution in [3.05, 3.63) is 47.0 Å². The van der Waals surface area contributed by atoms with Gasteiger partial charge in [0, 0.05) is 6.04 Å². The Kier molecular flexibility index (Phi) is 1.81. The Hall–Kier alpha value is -1.08. The van der Waals surface area contributed by atoms with Crippen LogP contribution in [0.25, 0.3) is 0 Å². The Morgan fingerprint density at radius 3 is 2.47 bits per heavy atom. The maximum atomic E-state index is 2.61. The van der Waals surface area contributed by atoms with E-state index in [9.17, 15) is 0 Å². The summed E-state index contributed by atoms with van der Waals surface area (Å²) in [5, 5.41) is 0. The maximum absolute atomic E-state index is 2.61. The van der Waals surface area contributed by atoms with Crippen LogP contribution in [0.15, 0.2) is 35.9 Å². The number of rotatable bonds is 1. The summed E-state index contributed by atoms with van der Waals surface area (Å²) >= 11 is 0. The van der Waals surface area contributed by atoms with Crippen LogP contribution in [0.1, 0.15) is 44.0 Å². The van der Waals surface area contributed by atoms with Gasteiger partial charge in [0.1, 0.15) is 0 Å². The molecule has 2 heterocycles. The van der Waals surface area contributed by atoms with E-state index in [1.54, 1.807) is 0 Å². The highest BCUT2D eigenvalue weighted by Gasteiger charge is 2.43. The lowest BCUT2D eigenvalue weighted by molar-refractivity contribution is 0.184. The van der Waals surface area contributed by atoms with Crippen molar-refractivity contribution in [3.8, 4) is 0 Å². The molecule has 0 spiro atoms. The van der Waals surface area contributed by atoms with E-state index >= 15 is 0 Å². The van der Waals surface area contributed by atoms with Crippen molar-refractivity contribution in [1.29, 1.82) is 0 Å². The highest BCUT2D eigenvalue weighted by molar-refractivity contribution is 5.49. The van der Waals surface area contributed by atoms with Gasteiger partial charge >= 0.3 is 0 Å². The Bertz CT molecular complexity index is 431. The quantitative estimate of drug-likeness (QED) is 0.626. The molecule has 0 radical (unpaired) electrons. The fourth-order valence-electron chi connectivity index (χ4n) is 3.13. The zero-order valence-corrected chi connectivity index (χ0v) is 9.57. The largest absolute Gasteiger partial charge is 0.280 e. The molecule has 2 aliphatic heterocycles. The standard InChI is InChI=1S/C14H17N/c1-9(2)15-13-8-10(3)14(15)12-7-5-4-6-11(12)13/h4-9,13-14H,1-3H3. The first kappa shape index (κ1) is 9.17. The van der Waals surface area contributed by atoms with Gasteiger partial charge in [-0.1, -0.05) is 35.9 Å². The molecular weight excluding hydrogens is 182 g/mol. The maximum Gasteiger partial charge on any atom is 0.0573 e. The minimum atomic E-state index is 0.534. The van der Waals surface area contributed by atoms with Gasteiger partial charge in [-0.25, -0.2) is 0 Å². The summed E-state index contributed by atoms with van der Waals surface area (Å²) in [6.45, 7) is 6.84. The van der Waals surface area contributed by atoms with Crippen molar-refractivity contribution in [2.24, 2.45) is 0 Å². The van der Waals surface area contributed by atoms with E-state index < -0.39 is 0 Å². The Morgan fingerprint density at radius 1 is 1.13 bits per heavy atom. The molecule has 0 amide bonds. The van der Waals surface area contributed by atoms with Crippen LogP contribution >= 0.6 is 0 Å². The van der Waals surface area contributed by atoms with E-state index in [1.165, 1.54) is 16.7 Å². The highest BCUT2D eigenvalue weighted by atomic mass is 15.2. The fraction of sp³-hybridized carbons (Fsp3) is 0.429. The highest BCUT2D eigenvalue weighted by Crippen LogP contribution is 2.52. The molecule has 3 rings (SSSR count). The third-order valence-electron chi connectivity index (χ3n) is 3.68. The van der Waals surface area contributed by atoms with Crippen molar-refractivity contribution >= 4 is 0 Å². The zero-order valence-electron chi connectivity index (χ0n) is 9.57. The van der Waals surface area contributed by atoms with Crippen LogP contribution in [0.4, 0.5) is 0 Å². The molecule has 78 valence electrons. The molecule has 0 saturated carbocycles. The van der Waals surface area contributed by atoms with E-state index in [4.69, 9.17) is 0 Å². The molecule has 0 saturated heterocycles. The van der Waals surface area contributed by atoms with Crippen LogP contribution in [0.3, 0.4) is 0 Å². The number of hydrogen-bond acceptors (Lipinski definition) is 1. The average Bonchev–Trinajstić information content (AvgIpc) is 2.70. The van der Waals surface area contributed by atoms with Gasteiger partial charge in [-0.2, -0.15) is 0 Å². The van der Waals surface area contributed by atoms with Crippen LogP contribution in [0.5, 0.6) is 0 Å². The van der Waals surface area contributed by atoms with Gasteiger partial charge in [0.05, 0.1) is 12.1 Å². The summed E-state index contributed by atoms with van der Waals surface area (Å²) in [5.41, 5.74) is 4.56. The fourth-order valence-corrected chi connectivity index (χ4v) is 3.13. The van der Waals surface area contributed by atoms with Gasteiger partial charge in [-0.3, -0.25) is 4.90 Å². The molecule has 2 atom stereocenters. The van der Waals surface area contributed by atoms with Crippen LogP contribution in [0, 0.1) is 0 Å². The zero-order chi connectivity index (χ0) is 10.6. The molecule has 0 aliphatic carbocycles. The van der Waals surface area contributed by atoms with E-state index in [2.05, 4.69) is 56.0 Å². The normalized spacial score (nSPS) is 28.4. The molecule has 1 aromatic carbocycles. The third-order valence-corrected chi connectivity index (χ3v) is 3.68. The minimum absolute atomic E-state index is 0.534. The predicted octanol–water partition coefficient (Wildman–Crippen LogP) is 3.45. The molecule has 0 N–H and O–H groups in total. The van der Waals surface area contributed by atoms with Gasteiger partial charge in [0.2, 0.25) is 0 Å². The SMILES string of the molecule is CC1=CC2c3ccccc3C1N2C(C)C. The lowest BCUT2D eigenvalue weighted by Gasteiger charge is -2.27. The summed E-state index contributed by atoms with van der Waals surface area (Å²) in [5.74, 6) is 0. The topological polar surface area (TPSA) is 3.24 Å². The van der Waals surface area contributed by atoms with Gasteiger partial charge < -0.3 is 0 Å². The van der Waals surface area contributed by atoms with Crippen molar-refractivity contribution in [2.75, 3.05) is 0 Å². The molecule has 1 nitrogen and oxygen atoms in total. The van der Waals surface area contributed by atoms with Crippen LogP contribution in [-0.2, 0) is 0 Å². The molecular formula is C14H17N. The van der Waals surface area contributed by atoms with E-state index in [1.807, 2.05) is 0 Å². The summed E-state index contributed by atoms with van der Waals surface area (Å²) in [4.78, 5) is 2.61. The van der Waals surface area contributed by atoms with Crippen molar-refractivity contribution in [3.63, 3.8) is 0 Å². The average molecular weight is 199 g/mol. The number of hydrogen-bond donors (Lipinski definition) is 0. The first-order valence-electron chi connectivity index (χ1n) is 5.74. The molecule has 2 unspecified atom stereocenters. The van der Waals surface area contributed by atoms with Crippen LogP contribution in [-0.4, -0.2) is 10.9 Å². The Morgan fingerprint density at radius 2 is 1.80 bits per heavy atom. The van der Waals surface area contributed by atoms with Gasteiger partial charge in [0.25, 0.3) is 0 Å². The van der Waals surface area contributed by atoms with Crippen LogP contribution < -0.4 is 0 Å². The number of benzene rings is 1. The minimum Gasteiger partial charge on any atom is -0.280 e. The lowest BCUT2D eigenvalue weighted by atomic mass is 9.92. The van der Waals surface area contributed by atoms with Gasteiger partial charge in [-0.05, 0) is 31.9 Å². The van der Waals surface area contributed by atoms with Crippen molar-refractivity contribution in [1.82, 2.24) is 4.90 Å². The number of nitrogens with zero attached hydrogens (tertiary/aromatic N) is 1. The lowest BCUT2D eigenvalue weighted by Crippen LogP contribution is -2.28. The third kappa shape index (κ3) is 1.07. The monoisotopic (exact) mass is 199 g/mol. The number of fused-ring (bicyclic) bond motifs is 5. The summed E-state index contributed by atoms with van der Waals surface area (Å²) in [6, 6.07) is 10.6. The van der Waals surface area contributed by atoms with Crippen LogP contribution in [0.2, 0.25) is 0 Å². The molecule has 15 heavy (non-hydrogen) atoms. The molecule has 2 aliphatic rings. The van der Waals surface area contributed by atoms with Crippen molar-refractivity contribution in [2.45, 2.75) is 38.9 Å². The predicted molar refractivity (Wildman–Crippen MR) is 62.7 cm³/mol. The smallest absolute Gasteiger partial charge is 0.0573 e. The van der Waals surface area contributed by atoms with E-state index in [-0.39, 0.29) is 0 Å². The molecule has 0 fully saturated rings. The summed E-state index contributed by atoms with van der Waals surface area (Å²) in [6.07, 6.45) is 2.42. The molecule has 2 bridgehead atoms. The molecule has 1 aromatic rings. The molecule has 1 heteroatoms. The van der Waals surface area contributed by atoms with Gasteiger partial charge in [-0.15, -0.1) is 0 Å². The second kappa shape index (κ2) is 2.96. The Balaban J connectivity index is 2.14. The first-order valence-corrected chi connectivity index (χ1v) is 5.74. The second-order valence-electron chi connectivity index (χ2n) is 4.93. The van der Waals surface area contributed by atoms with Gasteiger partial charge in [0.15, 0.2) is 0 Å². The summed E-state index contributed by atoms with van der Waals surface area (Å²) in [7, 11) is 0. The molecule has 0 aromatic heterocycles. The van der Waals surface area contributed by atoms with Crippen molar-refractivity contribution < 1.29 is 0 Å².